The molecule has 146 valence electrons. The Morgan fingerprint density at radius 1 is 1.19 bits per heavy atom. The van der Waals surface area contributed by atoms with Gasteiger partial charge in [0, 0.05) is 38.5 Å². The molecule has 0 amide bonds. The number of halogens is 2. The predicted octanol–water partition coefficient (Wildman–Crippen LogP) is 1.64. The van der Waals surface area contributed by atoms with Crippen molar-refractivity contribution in [3.05, 3.63) is 41.7 Å². The third kappa shape index (κ3) is 3.88. The molecule has 27 heavy (non-hydrogen) atoms. The molecule has 2 aromatic rings. The second-order valence-electron chi connectivity index (χ2n) is 5.97. The molecule has 1 aromatic heterocycles. The van der Waals surface area contributed by atoms with Crippen molar-refractivity contribution in [3.8, 4) is 0 Å². The van der Waals surface area contributed by atoms with Gasteiger partial charge in [-0.1, -0.05) is 0 Å². The number of aryl methyl sites for hydroxylation is 1. The lowest BCUT2D eigenvalue weighted by Crippen LogP contribution is -2.37. The summed E-state index contributed by atoms with van der Waals surface area (Å²) in [7, 11) is -2.83. The second-order valence-corrected chi connectivity index (χ2v) is 7.65. The van der Waals surface area contributed by atoms with Gasteiger partial charge in [0.2, 0.25) is 0 Å². The van der Waals surface area contributed by atoms with Crippen LogP contribution in [0.3, 0.4) is 0 Å². The van der Waals surface area contributed by atoms with E-state index < -0.39 is 27.6 Å². The van der Waals surface area contributed by atoms with Crippen LogP contribution in [0.5, 0.6) is 0 Å². The van der Waals surface area contributed by atoms with Crippen molar-refractivity contribution in [2.24, 2.45) is 7.05 Å². The minimum Gasteiger partial charge on any atom is -0.477 e. The molecule has 11 heteroatoms. The summed E-state index contributed by atoms with van der Waals surface area (Å²) >= 11 is 0. The van der Waals surface area contributed by atoms with Crippen molar-refractivity contribution in [2.75, 3.05) is 35.9 Å². The van der Waals surface area contributed by atoms with E-state index in [1.54, 1.807) is 4.90 Å². The summed E-state index contributed by atoms with van der Waals surface area (Å²) in [5.74, 6) is -3.60. The molecule has 0 bridgehead atoms. The van der Waals surface area contributed by atoms with Crippen molar-refractivity contribution in [3.63, 3.8) is 0 Å². The second kappa shape index (κ2) is 7.16. The zero-order valence-corrected chi connectivity index (χ0v) is 15.1. The molecular weight excluding hydrogens is 384 g/mol. The number of nitrogens with one attached hydrogen (secondary N) is 1. The maximum Gasteiger partial charge on any atom is 0.352 e. The Labute approximate surface area is 154 Å². The molecule has 0 radical (unpaired) electrons. The van der Waals surface area contributed by atoms with E-state index in [0.29, 0.717) is 26.3 Å². The standard InChI is InChI=1S/C16H17F2N3O5S/c1-20-9-10(6-15(20)16(22)23)27(24,25)19-13-7-11(17)12(18)8-14(13)21-2-4-26-5-3-21/h6-9,19H,2-5H2,1H3,(H,22,23). The van der Waals surface area contributed by atoms with Gasteiger partial charge < -0.3 is 19.3 Å². The van der Waals surface area contributed by atoms with Gasteiger partial charge >= 0.3 is 5.97 Å². The number of rotatable bonds is 5. The Morgan fingerprint density at radius 2 is 1.81 bits per heavy atom. The van der Waals surface area contributed by atoms with Gasteiger partial charge in [-0.25, -0.2) is 22.0 Å². The maximum atomic E-state index is 13.7. The summed E-state index contributed by atoms with van der Waals surface area (Å²) in [6.07, 6.45) is 1.13. The number of hydrogen-bond donors (Lipinski definition) is 2. The number of carbonyl (C=O) groups is 1. The number of ether oxygens (including phenoxy) is 1. The molecule has 1 fully saturated rings. The Balaban J connectivity index is 1.99. The van der Waals surface area contributed by atoms with Crippen molar-refractivity contribution < 1.29 is 31.8 Å². The largest absolute Gasteiger partial charge is 0.477 e. The zero-order chi connectivity index (χ0) is 19.8. The fourth-order valence-corrected chi connectivity index (χ4v) is 3.92. The monoisotopic (exact) mass is 401 g/mol. The van der Waals surface area contributed by atoms with E-state index in [0.717, 1.165) is 29.0 Å². The molecule has 0 spiro atoms. The molecule has 0 saturated carbocycles. The Bertz CT molecular complexity index is 984. The number of benzene rings is 1. The fourth-order valence-electron chi connectivity index (χ4n) is 2.78. The SMILES string of the molecule is Cn1cc(S(=O)(=O)Nc2cc(F)c(F)cc2N2CCOCC2)cc1C(=O)O. The van der Waals surface area contributed by atoms with Gasteiger partial charge in [-0.05, 0) is 6.07 Å². The number of anilines is 2. The van der Waals surface area contributed by atoms with Gasteiger partial charge in [-0.15, -0.1) is 0 Å². The van der Waals surface area contributed by atoms with Crippen molar-refractivity contribution >= 4 is 27.4 Å². The first kappa shape index (κ1) is 19.1. The summed E-state index contributed by atoms with van der Waals surface area (Å²) in [6, 6.07) is 2.67. The van der Waals surface area contributed by atoms with Crippen LogP contribution in [0.2, 0.25) is 0 Å². The highest BCUT2D eigenvalue weighted by atomic mass is 32.2. The molecule has 0 aliphatic carbocycles. The van der Waals surface area contributed by atoms with Gasteiger partial charge in [0.05, 0.1) is 24.6 Å². The highest BCUT2D eigenvalue weighted by Gasteiger charge is 2.24. The summed E-state index contributed by atoms with van der Waals surface area (Å²) in [6.45, 7) is 1.50. The van der Waals surface area contributed by atoms with Crippen LogP contribution >= 0.6 is 0 Å². The molecule has 0 atom stereocenters. The summed E-state index contributed by atoms with van der Waals surface area (Å²) in [5.41, 5.74) is -0.194. The van der Waals surface area contributed by atoms with Crippen LogP contribution < -0.4 is 9.62 Å². The van der Waals surface area contributed by atoms with Crippen LogP contribution in [0, 0.1) is 11.6 Å². The molecule has 2 N–H and O–H groups in total. The van der Waals surface area contributed by atoms with Crippen molar-refractivity contribution in [1.29, 1.82) is 0 Å². The molecule has 1 saturated heterocycles. The topological polar surface area (TPSA) is 101 Å². The van der Waals surface area contributed by atoms with Crippen molar-refractivity contribution in [2.45, 2.75) is 4.90 Å². The van der Waals surface area contributed by atoms with Crippen molar-refractivity contribution in [1.82, 2.24) is 4.57 Å². The lowest BCUT2D eigenvalue weighted by molar-refractivity contribution is 0.0686. The van der Waals surface area contributed by atoms with Gasteiger partial charge in [-0.3, -0.25) is 4.72 Å². The molecule has 1 aliphatic rings. The van der Waals surface area contributed by atoms with E-state index in [-0.39, 0.29) is 22.0 Å². The Kier molecular flexibility index (Phi) is 5.07. The van der Waals surface area contributed by atoms with Gasteiger partial charge in [0.25, 0.3) is 10.0 Å². The number of aromatic carboxylic acids is 1. The number of morpholine rings is 1. The molecule has 8 nitrogen and oxygen atoms in total. The van der Waals surface area contributed by atoms with E-state index in [1.165, 1.54) is 7.05 Å². The average molecular weight is 401 g/mol. The van der Waals surface area contributed by atoms with Crippen LogP contribution in [0.4, 0.5) is 20.2 Å². The van der Waals surface area contributed by atoms with Crippen LogP contribution in [0.25, 0.3) is 0 Å². The van der Waals surface area contributed by atoms with E-state index in [2.05, 4.69) is 4.72 Å². The average Bonchev–Trinajstić information content (AvgIpc) is 3.01. The third-order valence-corrected chi connectivity index (χ3v) is 5.48. The number of aromatic nitrogens is 1. The van der Waals surface area contributed by atoms with Gasteiger partial charge in [0.15, 0.2) is 11.6 Å². The highest BCUT2D eigenvalue weighted by Crippen LogP contribution is 2.31. The number of hydrogen-bond acceptors (Lipinski definition) is 5. The minimum absolute atomic E-state index is 0.142. The van der Waals surface area contributed by atoms with E-state index >= 15 is 0 Å². The van der Waals surface area contributed by atoms with Crippen LogP contribution in [-0.2, 0) is 21.8 Å². The molecular formula is C16H17F2N3O5S. The summed E-state index contributed by atoms with van der Waals surface area (Å²) in [5, 5.41) is 9.07. The van der Waals surface area contributed by atoms with Gasteiger partial charge in [-0.2, -0.15) is 0 Å². The first-order chi connectivity index (χ1) is 12.7. The van der Waals surface area contributed by atoms with Crippen LogP contribution in [0.1, 0.15) is 10.5 Å². The van der Waals surface area contributed by atoms with Crippen LogP contribution in [-0.4, -0.2) is 50.4 Å². The smallest absolute Gasteiger partial charge is 0.352 e. The Hall–Kier alpha value is -2.66. The number of nitrogens with zero attached hydrogens (tertiary/aromatic N) is 2. The lowest BCUT2D eigenvalue weighted by Gasteiger charge is -2.30. The molecule has 1 aromatic carbocycles. The molecule has 0 unspecified atom stereocenters. The number of carboxylic acid groups (broad SMARTS) is 1. The first-order valence-electron chi connectivity index (χ1n) is 7.93. The summed E-state index contributed by atoms with van der Waals surface area (Å²) in [4.78, 5) is 12.5. The maximum absolute atomic E-state index is 13.7. The molecule has 1 aliphatic heterocycles. The molecule has 3 rings (SSSR count). The Morgan fingerprint density at radius 3 is 2.41 bits per heavy atom. The zero-order valence-electron chi connectivity index (χ0n) is 14.3. The number of sulfonamides is 1. The third-order valence-electron chi connectivity index (χ3n) is 4.14. The normalized spacial score (nSPS) is 15.0. The van der Waals surface area contributed by atoms with E-state index in [4.69, 9.17) is 9.84 Å². The first-order valence-corrected chi connectivity index (χ1v) is 9.41. The van der Waals surface area contributed by atoms with E-state index in [1.807, 2.05) is 0 Å². The quantitative estimate of drug-likeness (QED) is 0.790. The van der Waals surface area contributed by atoms with Crippen LogP contribution in [0.15, 0.2) is 29.3 Å². The lowest BCUT2D eigenvalue weighted by atomic mass is 10.2. The predicted molar refractivity (Wildman–Crippen MR) is 92.6 cm³/mol. The fraction of sp³-hybridized carbons (Fsp3) is 0.312. The van der Waals surface area contributed by atoms with E-state index in [9.17, 15) is 22.0 Å². The van der Waals surface area contributed by atoms with Gasteiger partial charge in [0.1, 0.15) is 10.6 Å². The summed E-state index contributed by atoms with van der Waals surface area (Å²) < 4.78 is 61.4. The highest BCUT2D eigenvalue weighted by molar-refractivity contribution is 7.92. The minimum atomic E-state index is -4.22. The number of carboxylic acids is 1. The molecule has 2 heterocycles.